The molecule has 0 saturated heterocycles. The lowest BCUT2D eigenvalue weighted by molar-refractivity contribution is -0.118. The van der Waals surface area contributed by atoms with Gasteiger partial charge in [-0.15, -0.1) is 0 Å². The summed E-state index contributed by atoms with van der Waals surface area (Å²) in [4.78, 5) is 12.1. The average Bonchev–Trinajstić information content (AvgIpc) is 2.73. The van der Waals surface area contributed by atoms with Crippen molar-refractivity contribution < 1.29 is 14.3 Å². The Morgan fingerprint density at radius 1 is 0.893 bits per heavy atom. The van der Waals surface area contributed by atoms with Gasteiger partial charge in [0.1, 0.15) is 11.5 Å². The van der Waals surface area contributed by atoms with Crippen LogP contribution < -0.4 is 14.8 Å². The van der Waals surface area contributed by atoms with Crippen LogP contribution in [0.4, 0.5) is 5.69 Å². The maximum absolute atomic E-state index is 12.1. The third-order valence-corrected chi connectivity index (χ3v) is 4.84. The molecule has 4 heteroatoms. The summed E-state index contributed by atoms with van der Waals surface area (Å²) in [6, 6.07) is 15.4. The number of ether oxygens (including phenoxy) is 2. The number of nitrogens with one attached hydrogen (secondary N) is 1. The van der Waals surface area contributed by atoms with Gasteiger partial charge in [0.2, 0.25) is 0 Å². The molecule has 1 N–H and O–H groups in total. The minimum absolute atomic E-state index is 0.0155. The van der Waals surface area contributed by atoms with Gasteiger partial charge in [0.15, 0.2) is 6.61 Å². The van der Waals surface area contributed by atoms with Crippen LogP contribution in [0.1, 0.15) is 64.4 Å². The van der Waals surface area contributed by atoms with Crippen LogP contribution in [-0.2, 0) is 4.79 Å². The van der Waals surface area contributed by atoms with Crippen molar-refractivity contribution in [1.82, 2.24) is 0 Å². The molecule has 1 atom stereocenters. The number of hydrogen-bond acceptors (Lipinski definition) is 3. The Kier molecular flexibility index (Phi) is 9.40. The predicted molar refractivity (Wildman–Crippen MR) is 115 cm³/mol. The van der Waals surface area contributed by atoms with Gasteiger partial charge in [-0.25, -0.2) is 0 Å². The number of benzene rings is 2. The van der Waals surface area contributed by atoms with Crippen LogP contribution in [0.15, 0.2) is 48.5 Å². The summed E-state index contributed by atoms with van der Waals surface area (Å²) in [6.07, 6.45) is 5.85. The smallest absolute Gasteiger partial charge is 0.262 e. The van der Waals surface area contributed by atoms with Crippen molar-refractivity contribution in [3.05, 3.63) is 54.1 Å². The highest BCUT2D eigenvalue weighted by molar-refractivity contribution is 5.91. The molecule has 4 nitrogen and oxygen atoms in total. The number of carbonyl (C=O) groups excluding carboxylic acids is 1. The minimum atomic E-state index is -0.181. The fourth-order valence-electron chi connectivity index (χ4n) is 2.83. The van der Waals surface area contributed by atoms with E-state index in [4.69, 9.17) is 9.47 Å². The lowest BCUT2D eigenvalue weighted by Crippen LogP contribution is -2.20. The van der Waals surface area contributed by atoms with Crippen molar-refractivity contribution in [2.45, 2.75) is 58.8 Å². The number of unbranched alkanes of at least 4 members (excludes halogenated alkanes) is 3. The number of carbonyl (C=O) groups is 1. The van der Waals surface area contributed by atoms with Gasteiger partial charge in [-0.2, -0.15) is 0 Å². The molecule has 0 saturated carbocycles. The average molecular weight is 384 g/mol. The molecule has 2 rings (SSSR count). The quantitative estimate of drug-likeness (QED) is 0.445. The van der Waals surface area contributed by atoms with Gasteiger partial charge >= 0.3 is 0 Å². The molecule has 0 spiro atoms. The van der Waals surface area contributed by atoms with E-state index in [2.05, 4.69) is 38.2 Å². The molecule has 0 fully saturated rings. The Morgan fingerprint density at radius 3 is 2.18 bits per heavy atom. The zero-order valence-corrected chi connectivity index (χ0v) is 17.4. The Balaban J connectivity index is 1.72. The Bertz CT molecular complexity index is 695. The summed E-state index contributed by atoms with van der Waals surface area (Å²) in [5, 5.41) is 2.84. The van der Waals surface area contributed by atoms with E-state index >= 15 is 0 Å². The molecular formula is C24H33NO3. The second-order valence-corrected chi connectivity index (χ2v) is 7.15. The fourth-order valence-corrected chi connectivity index (χ4v) is 2.83. The maximum atomic E-state index is 12.1. The third kappa shape index (κ3) is 7.63. The molecule has 0 aliphatic carbocycles. The summed E-state index contributed by atoms with van der Waals surface area (Å²) < 4.78 is 11.3. The van der Waals surface area contributed by atoms with Gasteiger partial charge in [-0.05, 0) is 60.7 Å². The molecule has 0 aliphatic heterocycles. The highest BCUT2D eigenvalue weighted by Crippen LogP contribution is 2.21. The third-order valence-electron chi connectivity index (χ3n) is 4.84. The highest BCUT2D eigenvalue weighted by atomic mass is 16.5. The molecule has 0 heterocycles. The van der Waals surface area contributed by atoms with Gasteiger partial charge in [-0.3, -0.25) is 4.79 Å². The molecule has 0 radical (unpaired) electrons. The first-order valence-corrected chi connectivity index (χ1v) is 10.4. The largest absolute Gasteiger partial charge is 0.494 e. The summed E-state index contributed by atoms with van der Waals surface area (Å²) >= 11 is 0. The molecule has 2 aromatic rings. The molecule has 0 bridgehead atoms. The highest BCUT2D eigenvalue weighted by Gasteiger charge is 2.06. The van der Waals surface area contributed by atoms with Crippen LogP contribution in [0, 0.1) is 0 Å². The van der Waals surface area contributed by atoms with Crippen molar-refractivity contribution in [1.29, 1.82) is 0 Å². The van der Waals surface area contributed by atoms with Crippen LogP contribution in [0.2, 0.25) is 0 Å². The SMILES string of the molecule is CCCCCCOc1ccc(NC(=O)COc2ccc([C@@H](C)CC)cc2)cc1. The van der Waals surface area contributed by atoms with E-state index < -0.39 is 0 Å². The van der Waals surface area contributed by atoms with Crippen molar-refractivity contribution in [2.24, 2.45) is 0 Å². The molecule has 28 heavy (non-hydrogen) atoms. The fraction of sp³-hybridized carbons (Fsp3) is 0.458. The summed E-state index contributed by atoms with van der Waals surface area (Å²) in [5.41, 5.74) is 2.02. The van der Waals surface area contributed by atoms with E-state index in [0.29, 0.717) is 11.7 Å². The maximum Gasteiger partial charge on any atom is 0.262 e. The van der Waals surface area contributed by atoms with Crippen molar-refractivity contribution in [2.75, 3.05) is 18.5 Å². The van der Waals surface area contributed by atoms with Crippen molar-refractivity contribution in [3.63, 3.8) is 0 Å². The molecule has 2 aromatic carbocycles. The minimum Gasteiger partial charge on any atom is -0.494 e. The predicted octanol–water partition coefficient (Wildman–Crippen LogP) is 6.18. The zero-order chi connectivity index (χ0) is 20.2. The Labute approximate surface area is 169 Å². The van der Waals surface area contributed by atoms with Gasteiger partial charge in [0.05, 0.1) is 6.61 Å². The van der Waals surface area contributed by atoms with Gasteiger partial charge in [-0.1, -0.05) is 52.2 Å². The van der Waals surface area contributed by atoms with Gasteiger partial charge < -0.3 is 14.8 Å². The molecular weight excluding hydrogens is 350 g/mol. The van der Waals surface area contributed by atoms with E-state index in [1.165, 1.54) is 24.8 Å². The molecule has 0 aromatic heterocycles. The normalized spacial score (nSPS) is 11.7. The Hall–Kier alpha value is -2.49. The lowest BCUT2D eigenvalue weighted by Gasteiger charge is -2.11. The van der Waals surface area contributed by atoms with Crippen LogP contribution in [0.25, 0.3) is 0 Å². The zero-order valence-electron chi connectivity index (χ0n) is 17.4. The van der Waals surface area contributed by atoms with Crippen molar-refractivity contribution >= 4 is 11.6 Å². The van der Waals surface area contributed by atoms with Crippen molar-refractivity contribution in [3.8, 4) is 11.5 Å². The van der Waals surface area contributed by atoms with Gasteiger partial charge in [0.25, 0.3) is 5.91 Å². The molecule has 1 amide bonds. The monoisotopic (exact) mass is 383 g/mol. The topological polar surface area (TPSA) is 47.6 Å². The van der Waals surface area contributed by atoms with E-state index in [1.54, 1.807) is 0 Å². The second kappa shape index (κ2) is 12.1. The van der Waals surface area contributed by atoms with Gasteiger partial charge in [0, 0.05) is 5.69 Å². The summed E-state index contributed by atoms with van der Waals surface area (Å²) in [7, 11) is 0. The first-order valence-electron chi connectivity index (χ1n) is 10.4. The standard InChI is InChI=1S/C24H33NO3/c1-4-6-7-8-17-27-22-15-11-21(12-16-22)25-24(26)18-28-23-13-9-20(10-14-23)19(3)5-2/h9-16,19H,4-8,17-18H2,1-3H3,(H,25,26)/t19-/m0/s1. The van der Waals surface area contributed by atoms with Crippen LogP contribution in [0.5, 0.6) is 11.5 Å². The van der Waals surface area contributed by atoms with E-state index in [9.17, 15) is 4.79 Å². The number of hydrogen-bond donors (Lipinski definition) is 1. The molecule has 152 valence electrons. The van der Waals surface area contributed by atoms with Crippen LogP contribution >= 0.6 is 0 Å². The summed E-state index contributed by atoms with van der Waals surface area (Å²) in [6.45, 7) is 7.29. The first-order chi connectivity index (χ1) is 13.6. The van der Waals surface area contributed by atoms with E-state index in [0.717, 1.165) is 30.9 Å². The summed E-state index contributed by atoms with van der Waals surface area (Å²) in [5.74, 6) is 1.88. The second-order valence-electron chi connectivity index (χ2n) is 7.15. The van der Waals surface area contributed by atoms with Crippen LogP contribution in [-0.4, -0.2) is 19.1 Å². The Morgan fingerprint density at radius 2 is 1.54 bits per heavy atom. The number of rotatable bonds is 12. The first kappa shape index (κ1) is 21.8. The number of anilines is 1. The van der Waals surface area contributed by atoms with Crippen LogP contribution in [0.3, 0.4) is 0 Å². The number of amides is 1. The molecule has 0 unspecified atom stereocenters. The van der Waals surface area contributed by atoms with E-state index in [-0.39, 0.29) is 12.5 Å². The lowest BCUT2D eigenvalue weighted by atomic mass is 9.99. The van der Waals surface area contributed by atoms with E-state index in [1.807, 2.05) is 36.4 Å². The molecule has 0 aliphatic rings.